The second-order valence-electron chi connectivity index (χ2n) is 6.91. The van der Waals surface area contributed by atoms with Crippen LogP contribution in [0.25, 0.3) is 0 Å². The van der Waals surface area contributed by atoms with Gasteiger partial charge in [0.15, 0.2) is 0 Å². The highest BCUT2D eigenvalue weighted by Crippen LogP contribution is 2.54. The molecule has 96 valence electrons. The maximum Gasteiger partial charge on any atom is 0.310 e. The van der Waals surface area contributed by atoms with E-state index < -0.39 is 11.4 Å². The number of hydrogen-bond donors (Lipinski definition) is 1. The molecule has 3 heteroatoms. The first-order valence-electron chi connectivity index (χ1n) is 7.00. The summed E-state index contributed by atoms with van der Waals surface area (Å²) in [5, 5.41) is 9.56. The molecule has 1 N–H and O–H groups in total. The highest BCUT2D eigenvalue weighted by Gasteiger charge is 2.54. The standard InChI is InChI=1S/C14H23NO2/c1-11-2-4-14(5-3-11,12(16)17)10-15-8-13(9-15)6-7-13/h11H,2-10H2,1H3,(H,16,17). The molecule has 0 aromatic rings. The van der Waals surface area contributed by atoms with Crippen molar-refractivity contribution in [3.63, 3.8) is 0 Å². The molecule has 0 atom stereocenters. The Morgan fingerprint density at radius 1 is 1.24 bits per heavy atom. The van der Waals surface area contributed by atoms with Crippen LogP contribution in [-0.2, 0) is 4.79 Å². The molecule has 0 aromatic carbocycles. The van der Waals surface area contributed by atoms with E-state index in [1.54, 1.807) is 0 Å². The lowest BCUT2D eigenvalue weighted by atomic mass is 9.70. The summed E-state index contributed by atoms with van der Waals surface area (Å²) in [7, 11) is 0. The van der Waals surface area contributed by atoms with Crippen LogP contribution in [0.15, 0.2) is 0 Å². The van der Waals surface area contributed by atoms with Crippen LogP contribution in [0, 0.1) is 16.7 Å². The molecule has 0 radical (unpaired) electrons. The van der Waals surface area contributed by atoms with E-state index in [0.29, 0.717) is 11.3 Å². The van der Waals surface area contributed by atoms with Gasteiger partial charge in [0.05, 0.1) is 5.41 Å². The Morgan fingerprint density at radius 2 is 1.82 bits per heavy atom. The Hall–Kier alpha value is -0.570. The fourth-order valence-corrected chi connectivity index (χ4v) is 3.69. The van der Waals surface area contributed by atoms with Gasteiger partial charge in [-0.3, -0.25) is 4.79 Å². The van der Waals surface area contributed by atoms with Crippen molar-refractivity contribution in [3.8, 4) is 0 Å². The Labute approximate surface area is 103 Å². The van der Waals surface area contributed by atoms with Crippen LogP contribution in [0.1, 0.15) is 45.4 Å². The molecule has 0 bridgehead atoms. The van der Waals surface area contributed by atoms with Crippen molar-refractivity contribution in [2.45, 2.75) is 45.4 Å². The van der Waals surface area contributed by atoms with E-state index in [4.69, 9.17) is 0 Å². The van der Waals surface area contributed by atoms with Gasteiger partial charge in [0.25, 0.3) is 0 Å². The Bertz CT molecular complexity index is 319. The molecule has 2 aliphatic carbocycles. The maximum atomic E-state index is 11.6. The van der Waals surface area contributed by atoms with Gasteiger partial charge in [-0.25, -0.2) is 0 Å². The van der Waals surface area contributed by atoms with Gasteiger partial charge in [-0.1, -0.05) is 6.92 Å². The molecular weight excluding hydrogens is 214 g/mol. The normalized spacial score (nSPS) is 39.9. The summed E-state index contributed by atoms with van der Waals surface area (Å²) < 4.78 is 0. The third-order valence-electron chi connectivity index (χ3n) is 5.29. The van der Waals surface area contributed by atoms with Crippen LogP contribution in [0.2, 0.25) is 0 Å². The lowest BCUT2D eigenvalue weighted by Gasteiger charge is -2.46. The zero-order chi connectivity index (χ0) is 12.1. The predicted molar refractivity (Wildman–Crippen MR) is 65.8 cm³/mol. The highest BCUT2D eigenvalue weighted by molar-refractivity contribution is 5.75. The molecule has 1 spiro atoms. The number of hydrogen-bond acceptors (Lipinski definition) is 2. The van der Waals surface area contributed by atoms with Gasteiger partial charge in [-0.15, -0.1) is 0 Å². The van der Waals surface area contributed by atoms with Crippen LogP contribution >= 0.6 is 0 Å². The molecule has 0 aromatic heterocycles. The number of rotatable bonds is 3. The number of carboxylic acids is 1. The lowest BCUT2D eigenvalue weighted by molar-refractivity contribution is -0.154. The van der Waals surface area contributed by atoms with E-state index in [1.165, 1.54) is 12.8 Å². The summed E-state index contributed by atoms with van der Waals surface area (Å²) in [6.45, 7) is 5.38. The molecule has 1 aliphatic heterocycles. The first-order valence-corrected chi connectivity index (χ1v) is 7.00. The van der Waals surface area contributed by atoms with E-state index in [2.05, 4.69) is 11.8 Å². The molecule has 0 amide bonds. The number of carboxylic acid groups (broad SMARTS) is 1. The van der Waals surface area contributed by atoms with Crippen molar-refractivity contribution < 1.29 is 9.90 Å². The molecular formula is C14H23NO2. The van der Waals surface area contributed by atoms with Gasteiger partial charge in [-0.05, 0) is 49.9 Å². The van der Waals surface area contributed by atoms with Crippen molar-refractivity contribution in [2.24, 2.45) is 16.7 Å². The van der Waals surface area contributed by atoms with E-state index in [-0.39, 0.29) is 0 Å². The van der Waals surface area contributed by atoms with Crippen molar-refractivity contribution in [3.05, 3.63) is 0 Å². The number of nitrogens with zero attached hydrogens (tertiary/aromatic N) is 1. The average Bonchev–Trinajstić information content (AvgIpc) is 3.01. The summed E-state index contributed by atoms with van der Waals surface area (Å²) in [5.74, 6) is 0.162. The van der Waals surface area contributed by atoms with Crippen molar-refractivity contribution in [2.75, 3.05) is 19.6 Å². The first kappa shape index (κ1) is 11.5. The lowest BCUT2D eigenvalue weighted by Crippen LogP contribution is -2.55. The minimum absolute atomic E-state index is 0.428. The highest BCUT2D eigenvalue weighted by atomic mass is 16.4. The molecule has 3 nitrogen and oxygen atoms in total. The second kappa shape index (κ2) is 3.71. The van der Waals surface area contributed by atoms with E-state index in [0.717, 1.165) is 45.3 Å². The van der Waals surface area contributed by atoms with Crippen LogP contribution in [0.5, 0.6) is 0 Å². The zero-order valence-corrected chi connectivity index (χ0v) is 10.7. The summed E-state index contributed by atoms with van der Waals surface area (Å²) in [6.07, 6.45) is 6.69. The fraction of sp³-hybridized carbons (Fsp3) is 0.929. The molecule has 1 heterocycles. The first-order chi connectivity index (χ1) is 8.04. The van der Waals surface area contributed by atoms with Gasteiger partial charge in [0.2, 0.25) is 0 Å². The third kappa shape index (κ3) is 1.99. The van der Waals surface area contributed by atoms with Crippen LogP contribution in [0.4, 0.5) is 0 Å². The number of aliphatic carboxylic acids is 1. The number of likely N-dealkylation sites (tertiary alicyclic amines) is 1. The quantitative estimate of drug-likeness (QED) is 0.819. The summed E-state index contributed by atoms with van der Waals surface area (Å²) in [5.41, 5.74) is 0.213. The maximum absolute atomic E-state index is 11.6. The molecule has 3 fully saturated rings. The third-order valence-corrected chi connectivity index (χ3v) is 5.29. The minimum Gasteiger partial charge on any atom is -0.481 e. The van der Waals surface area contributed by atoms with E-state index >= 15 is 0 Å². The number of carbonyl (C=O) groups is 1. The molecule has 3 aliphatic rings. The van der Waals surface area contributed by atoms with Gasteiger partial charge in [-0.2, -0.15) is 0 Å². The monoisotopic (exact) mass is 237 g/mol. The van der Waals surface area contributed by atoms with Gasteiger partial charge < -0.3 is 10.0 Å². The van der Waals surface area contributed by atoms with Crippen molar-refractivity contribution in [1.82, 2.24) is 4.90 Å². The van der Waals surface area contributed by atoms with Gasteiger partial charge in [0, 0.05) is 19.6 Å². The van der Waals surface area contributed by atoms with Crippen LogP contribution < -0.4 is 0 Å². The van der Waals surface area contributed by atoms with Gasteiger partial charge in [0.1, 0.15) is 0 Å². The molecule has 0 unspecified atom stereocenters. The van der Waals surface area contributed by atoms with Crippen molar-refractivity contribution in [1.29, 1.82) is 0 Å². The van der Waals surface area contributed by atoms with E-state index in [9.17, 15) is 9.90 Å². The smallest absolute Gasteiger partial charge is 0.310 e. The average molecular weight is 237 g/mol. The molecule has 1 saturated heterocycles. The van der Waals surface area contributed by atoms with E-state index in [1.807, 2.05) is 0 Å². The second-order valence-corrected chi connectivity index (χ2v) is 6.91. The van der Waals surface area contributed by atoms with Crippen LogP contribution in [-0.4, -0.2) is 35.6 Å². The van der Waals surface area contributed by atoms with Crippen molar-refractivity contribution >= 4 is 5.97 Å². The topological polar surface area (TPSA) is 40.5 Å². The predicted octanol–water partition coefficient (Wildman–Crippen LogP) is 2.36. The van der Waals surface area contributed by atoms with Gasteiger partial charge >= 0.3 is 5.97 Å². The largest absolute Gasteiger partial charge is 0.481 e. The molecule has 2 saturated carbocycles. The molecule has 17 heavy (non-hydrogen) atoms. The zero-order valence-electron chi connectivity index (χ0n) is 10.7. The minimum atomic E-state index is -0.554. The fourth-order valence-electron chi connectivity index (χ4n) is 3.69. The molecule has 3 rings (SSSR count). The SMILES string of the molecule is CC1CCC(CN2CC3(CC3)C2)(C(=O)O)CC1. The Kier molecular flexibility index (Phi) is 2.51. The van der Waals surface area contributed by atoms with Crippen LogP contribution in [0.3, 0.4) is 0 Å². The summed E-state index contributed by atoms with van der Waals surface area (Å²) >= 11 is 0. The summed E-state index contributed by atoms with van der Waals surface area (Å²) in [6, 6.07) is 0. The Morgan fingerprint density at radius 3 is 2.29 bits per heavy atom. The summed E-state index contributed by atoms with van der Waals surface area (Å²) in [4.78, 5) is 14.0. The Balaban J connectivity index is 1.61.